The Morgan fingerprint density at radius 3 is 2.50 bits per heavy atom. The van der Waals surface area contributed by atoms with Gasteiger partial charge in [0.1, 0.15) is 18.1 Å². The summed E-state index contributed by atoms with van der Waals surface area (Å²) in [5, 5.41) is 6.52. The van der Waals surface area contributed by atoms with Gasteiger partial charge in [-0.15, -0.1) is 24.0 Å². The molecule has 4 N–H and O–H groups in total. The van der Waals surface area contributed by atoms with Crippen LogP contribution >= 0.6 is 24.0 Å². The standard InChI is InChI=1S/C20H28N4O3.HI/c1-4-22-20(24-13-17-9-10-18(27-17)19(21)25)23-12-11-14(2)15-5-7-16(26-3)8-6-15;/h5-10,14H,4,11-13H2,1-3H3,(H2,21,25)(H2,22,23,24);1H. The molecule has 154 valence electrons. The van der Waals surface area contributed by atoms with Crippen LogP contribution < -0.4 is 21.1 Å². The molecule has 1 heterocycles. The van der Waals surface area contributed by atoms with Gasteiger partial charge in [-0.25, -0.2) is 4.99 Å². The Balaban J connectivity index is 0.00000392. The summed E-state index contributed by atoms with van der Waals surface area (Å²) >= 11 is 0. The molecule has 2 rings (SSSR count). The van der Waals surface area contributed by atoms with E-state index in [1.165, 1.54) is 5.56 Å². The number of ether oxygens (including phenoxy) is 1. The molecule has 1 unspecified atom stereocenters. The number of furan rings is 1. The summed E-state index contributed by atoms with van der Waals surface area (Å²) in [5.74, 6) is 2.14. The normalized spacial score (nSPS) is 12.0. The molecular weight excluding hydrogens is 471 g/mol. The second-order valence-corrected chi connectivity index (χ2v) is 6.22. The number of nitrogens with zero attached hydrogens (tertiary/aromatic N) is 1. The van der Waals surface area contributed by atoms with Crippen molar-refractivity contribution >= 4 is 35.8 Å². The molecule has 2 aromatic rings. The number of benzene rings is 1. The van der Waals surface area contributed by atoms with Crippen LogP contribution in [0.15, 0.2) is 45.8 Å². The molecule has 0 aliphatic heterocycles. The van der Waals surface area contributed by atoms with Crippen molar-refractivity contribution < 1.29 is 13.9 Å². The molecule has 0 saturated carbocycles. The van der Waals surface area contributed by atoms with Gasteiger partial charge in [0.05, 0.1) is 7.11 Å². The molecule has 1 aromatic heterocycles. The van der Waals surface area contributed by atoms with Crippen molar-refractivity contribution in [3.8, 4) is 5.75 Å². The minimum absolute atomic E-state index is 0. The van der Waals surface area contributed by atoms with Gasteiger partial charge in [0.15, 0.2) is 11.7 Å². The first-order valence-corrected chi connectivity index (χ1v) is 9.08. The smallest absolute Gasteiger partial charge is 0.284 e. The van der Waals surface area contributed by atoms with Crippen LogP contribution in [0.25, 0.3) is 0 Å². The lowest BCUT2D eigenvalue weighted by Crippen LogP contribution is -2.38. The maximum absolute atomic E-state index is 11.1. The van der Waals surface area contributed by atoms with Crippen LogP contribution in [-0.4, -0.2) is 32.1 Å². The number of hydrogen-bond acceptors (Lipinski definition) is 4. The maximum atomic E-state index is 11.1. The first-order chi connectivity index (χ1) is 13.0. The van der Waals surface area contributed by atoms with E-state index in [2.05, 4.69) is 34.7 Å². The highest BCUT2D eigenvalue weighted by Gasteiger charge is 2.08. The highest BCUT2D eigenvalue weighted by Crippen LogP contribution is 2.21. The fraction of sp³-hybridized carbons (Fsp3) is 0.400. The van der Waals surface area contributed by atoms with Gasteiger partial charge in [-0.1, -0.05) is 19.1 Å². The van der Waals surface area contributed by atoms with Crippen molar-refractivity contribution in [2.45, 2.75) is 32.7 Å². The first kappa shape index (κ1) is 23.8. The topological polar surface area (TPSA) is 102 Å². The van der Waals surface area contributed by atoms with Gasteiger partial charge in [-0.05, 0) is 49.1 Å². The second-order valence-electron chi connectivity index (χ2n) is 6.22. The summed E-state index contributed by atoms with van der Waals surface area (Å²) in [5.41, 5.74) is 6.46. The molecule has 0 spiro atoms. The van der Waals surface area contributed by atoms with Gasteiger partial charge in [-0.3, -0.25) is 4.79 Å². The molecule has 0 aliphatic rings. The Morgan fingerprint density at radius 1 is 1.21 bits per heavy atom. The van der Waals surface area contributed by atoms with Gasteiger partial charge in [0, 0.05) is 13.1 Å². The van der Waals surface area contributed by atoms with Crippen LogP contribution in [0.3, 0.4) is 0 Å². The summed E-state index contributed by atoms with van der Waals surface area (Å²) in [6.45, 7) is 6.07. The molecule has 1 aromatic carbocycles. The monoisotopic (exact) mass is 500 g/mol. The number of hydrogen-bond donors (Lipinski definition) is 3. The van der Waals surface area contributed by atoms with E-state index in [1.807, 2.05) is 19.1 Å². The molecule has 0 bridgehead atoms. The Labute approximate surface area is 183 Å². The number of guanidine groups is 1. The van der Waals surface area contributed by atoms with E-state index in [0.29, 0.717) is 24.2 Å². The van der Waals surface area contributed by atoms with Gasteiger partial charge >= 0.3 is 0 Å². The van der Waals surface area contributed by atoms with Crippen LogP contribution in [0.4, 0.5) is 0 Å². The molecule has 0 aliphatic carbocycles. The summed E-state index contributed by atoms with van der Waals surface area (Å²) in [4.78, 5) is 15.6. The lowest BCUT2D eigenvalue weighted by Gasteiger charge is -2.15. The summed E-state index contributed by atoms with van der Waals surface area (Å²) < 4.78 is 10.5. The number of carbonyl (C=O) groups excluding carboxylic acids is 1. The molecule has 7 nitrogen and oxygen atoms in total. The van der Waals surface area contributed by atoms with Crippen LogP contribution in [0.5, 0.6) is 5.75 Å². The average molecular weight is 500 g/mol. The van der Waals surface area contributed by atoms with E-state index in [4.69, 9.17) is 14.9 Å². The second kappa shape index (κ2) is 12.3. The van der Waals surface area contributed by atoms with Gasteiger partial charge in [-0.2, -0.15) is 0 Å². The third kappa shape index (κ3) is 7.41. The molecule has 0 saturated heterocycles. The maximum Gasteiger partial charge on any atom is 0.284 e. The van der Waals surface area contributed by atoms with Gasteiger partial charge in [0.25, 0.3) is 5.91 Å². The van der Waals surface area contributed by atoms with E-state index in [0.717, 1.165) is 25.3 Å². The number of rotatable bonds is 9. The van der Waals surface area contributed by atoms with Crippen LogP contribution in [0.1, 0.15) is 48.1 Å². The summed E-state index contributed by atoms with van der Waals surface area (Å²) in [6.07, 6.45) is 0.962. The molecular formula is C20H29IN4O3. The molecule has 0 radical (unpaired) electrons. The van der Waals surface area contributed by atoms with E-state index in [9.17, 15) is 4.79 Å². The van der Waals surface area contributed by atoms with Crippen molar-refractivity contribution in [3.05, 3.63) is 53.5 Å². The van der Waals surface area contributed by atoms with Gasteiger partial charge in [0.2, 0.25) is 0 Å². The SMILES string of the molecule is CCNC(=NCc1ccc(C(N)=O)o1)NCCC(C)c1ccc(OC)cc1.I. The predicted molar refractivity (Wildman–Crippen MR) is 121 cm³/mol. The van der Waals surface area contributed by atoms with E-state index < -0.39 is 5.91 Å². The third-order valence-electron chi connectivity index (χ3n) is 4.20. The Hall–Kier alpha value is -2.23. The summed E-state index contributed by atoms with van der Waals surface area (Å²) in [6, 6.07) is 11.4. The van der Waals surface area contributed by atoms with E-state index in [-0.39, 0.29) is 29.7 Å². The number of carbonyl (C=O) groups is 1. The van der Waals surface area contributed by atoms with Gasteiger partial charge < -0.3 is 25.5 Å². The quantitative estimate of drug-likeness (QED) is 0.279. The molecule has 0 fully saturated rings. The largest absolute Gasteiger partial charge is 0.497 e. The Kier molecular flexibility index (Phi) is 10.4. The zero-order chi connectivity index (χ0) is 19.6. The molecule has 8 heteroatoms. The van der Waals surface area contributed by atoms with E-state index >= 15 is 0 Å². The van der Waals surface area contributed by atoms with Crippen LogP contribution in [-0.2, 0) is 6.54 Å². The zero-order valence-electron chi connectivity index (χ0n) is 16.5. The van der Waals surface area contributed by atoms with E-state index in [1.54, 1.807) is 19.2 Å². The number of methoxy groups -OCH3 is 1. The minimum Gasteiger partial charge on any atom is -0.497 e. The number of nitrogens with two attached hydrogens (primary N) is 1. The highest BCUT2D eigenvalue weighted by atomic mass is 127. The lowest BCUT2D eigenvalue weighted by molar-refractivity contribution is 0.0972. The van der Waals surface area contributed by atoms with Crippen molar-refractivity contribution in [2.24, 2.45) is 10.7 Å². The minimum atomic E-state index is -0.581. The van der Waals surface area contributed by atoms with Crippen molar-refractivity contribution in [1.29, 1.82) is 0 Å². The number of primary amides is 1. The highest BCUT2D eigenvalue weighted by molar-refractivity contribution is 14.0. The number of nitrogens with one attached hydrogen (secondary N) is 2. The Morgan fingerprint density at radius 2 is 1.93 bits per heavy atom. The first-order valence-electron chi connectivity index (χ1n) is 9.08. The van der Waals surface area contributed by atoms with Crippen molar-refractivity contribution in [2.75, 3.05) is 20.2 Å². The fourth-order valence-corrected chi connectivity index (χ4v) is 2.60. The summed E-state index contributed by atoms with van der Waals surface area (Å²) in [7, 11) is 1.67. The number of aliphatic imine (C=N–C) groups is 1. The molecule has 1 atom stereocenters. The Bertz CT molecular complexity index is 759. The fourth-order valence-electron chi connectivity index (χ4n) is 2.60. The van der Waals surface area contributed by atoms with Crippen LogP contribution in [0, 0.1) is 0 Å². The average Bonchev–Trinajstić information content (AvgIpc) is 3.15. The zero-order valence-corrected chi connectivity index (χ0v) is 18.9. The third-order valence-corrected chi connectivity index (χ3v) is 4.20. The number of halogens is 1. The van der Waals surface area contributed by atoms with Crippen molar-refractivity contribution in [3.63, 3.8) is 0 Å². The lowest BCUT2D eigenvalue weighted by atomic mass is 9.98. The number of amides is 1. The van der Waals surface area contributed by atoms with Crippen molar-refractivity contribution in [1.82, 2.24) is 10.6 Å². The predicted octanol–water partition coefficient (Wildman–Crippen LogP) is 3.25. The molecule has 1 amide bonds. The molecule has 28 heavy (non-hydrogen) atoms. The van der Waals surface area contributed by atoms with Crippen LogP contribution in [0.2, 0.25) is 0 Å².